The van der Waals surface area contributed by atoms with Crippen LogP contribution in [0.15, 0.2) is 0 Å². The third-order valence-electron chi connectivity index (χ3n) is 4.33. The van der Waals surface area contributed by atoms with Crippen molar-refractivity contribution in [1.29, 1.82) is 0 Å². The van der Waals surface area contributed by atoms with Crippen molar-refractivity contribution < 1.29 is 5.11 Å². The molecular weight excluding hydrogens is 210 g/mol. The monoisotopic (exact) mass is 241 g/mol. The first-order valence-corrected chi connectivity index (χ1v) is 7.25. The third kappa shape index (κ3) is 3.45. The summed E-state index contributed by atoms with van der Waals surface area (Å²) in [7, 11) is 0. The third-order valence-corrected chi connectivity index (χ3v) is 4.33. The normalized spacial score (nSPS) is 25.8. The zero-order valence-corrected chi connectivity index (χ0v) is 12.4. The van der Waals surface area contributed by atoms with E-state index in [1.54, 1.807) is 0 Å². The molecule has 1 aliphatic heterocycles. The molecule has 2 heteroatoms. The van der Waals surface area contributed by atoms with E-state index < -0.39 is 0 Å². The molecule has 0 spiro atoms. The van der Waals surface area contributed by atoms with E-state index in [0.29, 0.717) is 12.6 Å². The van der Waals surface area contributed by atoms with Crippen molar-refractivity contribution in [3.05, 3.63) is 0 Å². The number of aliphatic hydroxyl groups is 1. The number of hydrogen-bond donors (Lipinski definition) is 1. The number of rotatable bonds is 5. The molecule has 0 radical (unpaired) electrons. The maximum Gasteiger partial charge on any atom is 0.0445 e. The lowest BCUT2D eigenvalue weighted by atomic mass is 9.77. The highest BCUT2D eigenvalue weighted by atomic mass is 16.3. The fourth-order valence-corrected chi connectivity index (χ4v) is 3.89. The quantitative estimate of drug-likeness (QED) is 0.795. The second-order valence-corrected chi connectivity index (χ2v) is 6.80. The van der Waals surface area contributed by atoms with Gasteiger partial charge in [0, 0.05) is 23.7 Å². The predicted molar refractivity (Wildman–Crippen MR) is 74.2 cm³/mol. The van der Waals surface area contributed by atoms with Gasteiger partial charge in [-0.25, -0.2) is 0 Å². The van der Waals surface area contributed by atoms with Crippen molar-refractivity contribution in [2.75, 3.05) is 6.61 Å². The fraction of sp³-hybridized carbons (Fsp3) is 1.00. The molecule has 1 aliphatic rings. The minimum absolute atomic E-state index is 0.275. The summed E-state index contributed by atoms with van der Waals surface area (Å²) in [4.78, 5) is 2.70. The summed E-state index contributed by atoms with van der Waals surface area (Å²) in [6.07, 6.45) is 7.21. The van der Waals surface area contributed by atoms with E-state index in [1.807, 2.05) is 0 Å². The van der Waals surface area contributed by atoms with Crippen LogP contribution in [0.3, 0.4) is 0 Å². The summed E-state index contributed by atoms with van der Waals surface area (Å²) in [6.45, 7) is 12.0. The van der Waals surface area contributed by atoms with Crippen LogP contribution < -0.4 is 0 Å². The molecule has 1 heterocycles. The average molecular weight is 241 g/mol. The number of hydrogen-bond acceptors (Lipinski definition) is 2. The summed E-state index contributed by atoms with van der Waals surface area (Å²) < 4.78 is 0. The minimum atomic E-state index is 0.275. The lowest BCUT2D eigenvalue weighted by Crippen LogP contribution is -2.62. The van der Waals surface area contributed by atoms with Gasteiger partial charge in [0.2, 0.25) is 0 Å². The minimum Gasteiger partial charge on any atom is -0.396 e. The zero-order chi connectivity index (χ0) is 13.1. The molecule has 102 valence electrons. The fourth-order valence-electron chi connectivity index (χ4n) is 3.89. The zero-order valence-electron chi connectivity index (χ0n) is 12.4. The molecule has 1 saturated heterocycles. The van der Waals surface area contributed by atoms with E-state index in [4.69, 9.17) is 0 Å². The Hall–Kier alpha value is -0.0800. The van der Waals surface area contributed by atoms with Gasteiger partial charge in [-0.05, 0) is 59.8 Å². The molecule has 0 amide bonds. The van der Waals surface area contributed by atoms with Gasteiger partial charge in [0.25, 0.3) is 0 Å². The van der Waals surface area contributed by atoms with Crippen LogP contribution in [0.5, 0.6) is 0 Å². The molecular formula is C15H31NO. The summed E-state index contributed by atoms with van der Waals surface area (Å²) in [5.74, 6) is 0. The number of nitrogens with zero attached hydrogens (tertiary/aromatic N) is 1. The van der Waals surface area contributed by atoms with Crippen LogP contribution in [-0.2, 0) is 0 Å². The Morgan fingerprint density at radius 1 is 1.06 bits per heavy atom. The highest BCUT2D eigenvalue weighted by Gasteiger charge is 2.44. The van der Waals surface area contributed by atoms with Gasteiger partial charge in [0.1, 0.15) is 0 Å². The summed E-state index contributed by atoms with van der Waals surface area (Å²) >= 11 is 0. The van der Waals surface area contributed by atoms with Gasteiger partial charge in [-0.1, -0.05) is 13.3 Å². The van der Waals surface area contributed by atoms with Crippen molar-refractivity contribution in [2.24, 2.45) is 0 Å². The summed E-state index contributed by atoms with van der Waals surface area (Å²) in [6, 6.07) is 0.537. The first-order chi connectivity index (χ1) is 7.85. The van der Waals surface area contributed by atoms with E-state index >= 15 is 0 Å². The first kappa shape index (κ1) is 15.0. The van der Waals surface area contributed by atoms with E-state index in [-0.39, 0.29) is 11.1 Å². The van der Waals surface area contributed by atoms with Crippen LogP contribution in [0, 0.1) is 0 Å². The van der Waals surface area contributed by atoms with E-state index in [9.17, 15) is 5.11 Å². The lowest BCUT2D eigenvalue weighted by molar-refractivity contribution is -0.0690. The van der Waals surface area contributed by atoms with Gasteiger partial charge in [0.05, 0.1) is 0 Å². The topological polar surface area (TPSA) is 23.5 Å². The van der Waals surface area contributed by atoms with Gasteiger partial charge in [-0.2, -0.15) is 0 Å². The molecule has 2 nitrogen and oxygen atoms in total. The van der Waals surface area contributed by atoms with Gasteiger partial charge in [-0.3, -0.25) is 4.90 Å². The van der Waals surface area contributed by atoms with Crippen molar-refractivity contribution in [3.63, 3.8) is 0 Å². The smallest absolute Gasteiger partial charge is 0.0445 e. The van der Waals surface area contributed by atoms with Crippen molar-refractivity contribution in [2.45, 2.75) is 90.3 Å². The Bertz CT molecular complexity index is 213. The molecule has 1 unspecified atom stereocenters. The van der Waals surface area contributed by atoms with Crippen molar-refractivity contribution in [1.82, 2.24) is 4.90 Å². The Morgan fingerprint density at radius 2 is 1.59 bits per heavy atom. The van der Waals surface area contributed by atoms with Gasteiger partial charge in [0.15, 0.2) is 0 Å². The Labute approximate surface area is 107 Å². The second-order valence-electron chi connectivity index (χ2n) is 6.80. The van der Waals surface area contributed by atoms with Crippen LogP contribution >= 0.6 is 0 Å². The number of likely N-dealkylation sites (tertiary alicyclic amines) is 1. The van der Waals surface area contributed by atoms with E-state index in [0.717, 1.165) is 6.42 Å². The molecule has 1 atom stereocenters. The average Bonchev–Trinajstić information content (AvgIpc) is 2.15. The van der Waals surface area contributed by atoms with Gasteiger partial charge < -0.3 is 5.11 Å². The number of piperidine rings is 1. The van der Waals surface area contributed by atoms with Crippen LogP contribution in [0.1, 0.15) is 73.1 Å². The van der Waals surface area contributed by atoms with Crippen LogP contribution in [-0.4, -0.2) is 33.7 Å². The Morgan fingerprint density at radius 3 is 2.00 bits per heavy atom. The summed E-state index contributed by atoms with van der Waals surface area (Å²) in [5.41, 5.74) is 0.549. The lowest BCUT2D eigenvalue weighted by Gasteiger charge is -2.56. The molecule has 0 saturated carbocycles. The Kier molecular flexibility index (Phi) is 5.03. The molecule has 1 fully saturated rings. The first-order valence-electron chi connectivity index (χ1n) is 7.25. The molecule has 1 rings (SSSR count). The molecule has 17 heavy (non-hydrogen) atoms. The van der Waals surface area contributed by atoms with E-state index in [1.165, 1.54) is 32.1 Å². The van der Waals surface area contributed by atoms with Crippen LogP contribution in [0.4, 0.5) is 0 Å². The molecule has 0 bridgehead atoms. The van der Waals surface area contributed by atoms with Crippen LogP contribution in [0.2, 0.25) is 0 Å². The highest BCUT2D eigenvalue weighted by molar-refractivity contribution is 4.99. The van der Waals surface area contributed by atoms with Crippen molar-refractivity contribution in [3.8, 4) is 0 Å². The summed E-state index contributed by atoms with van der Waals surface area (Å²) in [5, 5.41) is 9.31. The molecule has 0 aliphatic carbocycles. The molecule has 0 aromatic carbocycles. The standard InChI is InChI=1S/C15H31NO/c1-6-8-13(9-12-17)16-14(2,3)10-7-11-15(16,4)5/h13,17H,6-12H2,1-5H3. The van der Waals surface area contributed by atoms with Crippen LogP contribution in [0.25, 0.3) is 0 Å². The van der Waals surface area contributed by atoms with Gasteiger partial charge >= 0.3 is 0 Å². The Balaban J connectivity index is 2.92. The SMILES string of the molecule is CCCC(CCO)N1C(C)(C)CCCC1(C)C. The number of aliphatic hydroxyl groups excluding tert-OH is 1. The predicted octanol–water partition coefficient (Wildman–Crippen LogP) is 3.58. The highest BCUT2D eigenvalue weighted by Crippen LogP contribution is 2.41. The maximum atomic E-state index is 9.31. The largest absolute Gasteiger partial charge is 0.396 e. The second kappa shape index (κ2) is 5.71. The van der Waals surface area contributed by atoms with E-state index in [2.05, 4.69) is 39.5 Å². The molecule has 0 aromatic rings. The maximum absolute atomic E-state index is 9.31. The molecule has 0 aromatic heterocycles. The van der Waals surface area contributed by atoms with Crippen molar-refractivity contribution >= 4 is 0 Å². The molecule has 1 N–H and O–H groups in total. The van der Waals surface area contributed by atoms with Gasteiger partial charge in [-0.15, -0.1) is 0 Å².